The summed E-state index contributed by atoms with van der Waals surface area (Å²) in [5, 5.41) is 6.58. The second-order valence-corrected chi connectivity index (χ2v) is 6.34. The normalized spacial score (nSPS) is 11.6. The van der Waals surface area contributed by atoms with Crippen LogP contribution in [0.15, 0.2) is 29.3 Å². The van der Waals surface area contributed by atoms with Crippen molar-refractivity contribution in [2.24, 2.45) is 10.7 Å². The molecule has 6 nitrogen and oxygen atoms in total. The lowest BCUT2D eigenvalue weighted by molar-refractivity contribution is 0.1000. The van der Waals surface area contributed by atoms with Crippen molar-refractivity contribution in [3.05, 3.63) is 35.4 Å². The van der Waals surface area contributed by atoms with Crippen molar-refractivity contribution >= 4 is 35.8 Å². The molecule has 0 aliphatic heterocycles. The Morgan fingerprint density at radius 3 is 2.36 bits per heavy atom. The number of carbonyl (C=O) groups excluding carboxylic acids is 1. The Hall–Kier alpha value is -1.35. The number of nitrogens with two attached hydrogens (primary N) is 1. The van der Waals surface area contributed by atoms with Gasteiger partial charge in [0.1, 0.15) is 0 Å². The van der Waals surface area contributed by atoms with Crippen LogP contribution in [0.5, 0.6) is 0 Å². The third-order valence-electron chi connectivity index (χ3n) is 3.88. The lowest BCUT2D eigenvalue weighted by Crippen LogP contribution is -2.45. The van der Waals surface area contributed by atoms with E-state index in [1.807, 2.05) is 12.1 Å². The van der Waals surface area contributed by atoms with Crippen LogP contribution in [0.4, 0.5) is 0 Å². The lowest BCUT2D eigenvalue weighted by Gasteiger charge is -2.30. The quantitative estimate of drug-likeness (QED) is 0.315. The van der Waals surface area contributed by atoms with Gasteiger partial charge in [0.25, 0.3) is 0 Å². The van der Waals surface area contributed by atoms with Crippen LogP contribution in [-0.2, 0) is 6.54 Å². The molecule has 0 aliphatic carbocycles. The number of rotatable bonds is 8. The van der Waals surface area contributed by atoms with Gasteiger partial charge in [-0.1, -0.05) is 12.1 Å². The molecule has 25 heavy (non-hydrogen) atoms. The molecular weight excluding hydrogens is 429 g/mol. The number of benzene rings is 1. The van der Waals surface area contributed by atoms with Gasteiger partial charge in [-0.25, -0.2) is 0 Å². The smallest absolute Gasteiger partial charge is 0.248 e. The third-order valence-corrected chi connectivity index (χ3v) is 3.88. The van der Waals surface area contributed by atoms with Gasteiger partial charge in [0.05, 0.1) is 0 Å². The molecule has 0 aliphatic rings. The van der Waals surface area contributed by atoms with Crippen LogP contribution in [0.1, 0.15) is 43.6 Å². The molecule has 1 amide bonds. The maximum atomic E-state index is 11.2. The van der Waals surface area contributed by atoms with E-state index in [0.29, 0.717) is 24.2 Å². The van der Waals surface area contributed by atoms with Crippen LogP contribution in [0.3, 0.4) is 0 Å². The molecule has 0 atom stereocenters. The minimum atomic E-state index is -0.415. The van der Waals surface area contributed by atoms with E-state index in [2.05, 4.69) is 48.2 Å². The molecule has 142 valence electrons. The van der Waals surface area contributed by atoms with Crippen molar-refractivity contribution < 1.29 is 4.79 Å². The Labute approximate surface area is 168 Å². The minimum Gasteiger partial charge on any atom is -0.366 e. The molecule has 0 saturated carbocycles. The summed E-state index contributed by atoms with van der Waals surface area (Å²) >= 11 is 0. The molecule has 1 aromatic rings. The molecule has 0 unspecified atom stereocenters. The number of halogens is 1. The van der Waals surface area contributed by atoms with Gasteiger partial charge < -0.3 is 16.4 Å². The van der Waals surface area contributed by atoms with Crippen LogP contribution in [0.2, 0.25) is 0 Å². The summed E-state index contributed by atoms with van der Waals surface area (Å²) in [6.45, 7) is 11.2. The average Bonchev–Trinajstić information content (AvgIpc) is 2.53. The summed E-state index contributed by atoms with van der Waals surface area (Å²) in [6, 6.07) is 8.31. The minimum absolute atomic E-state index is 0. The van der Waals surface area contributed by atoms with E-state index in [-0.39, 0.29) is 24.0 Å². The topological polar surface area (TPSA) is 82.8 Å². The highest BCUT2D eigenvalue weighted by Gasteiger charge is 2.12. The van der Waals surface area contributed by atoms with Crippen LogP contribution in [-0.4, -0.2) is 49.0 Å². The predicted octanol–water partition coefficient (Wildman–Crippen LogP) is 2.19. The molecule has 0 aromatic heterocycles. The highest BCUT2D eigenvalue weighted by atomic mass is 127. The van der Waals surface area contributed by atoms with Crippen molar-refractivity contribution in [3.8, 4) is 0 Å². The van der Waals surface area contributed by atoms with Gasteiger partial charge in [0.15, 0.2) is 5.96 Å². The van der Waals surface area contributed by atoms with Crippen molar-refractivity contribution in [3.63, 3.8) is 0 Å². The van der Waals surface area contributed by atoms with E-state index < -0.39 is 5.91 Å². The molecule has 0 bridgehead atoms. The molecule has 1 rings (SSSR count). The van der Waals surface area contributed by atoms with E-state index in [9.17, 15) is 4.79 Å². The van der Waals surface area contributed by atoms with Gasteiger partial charge in [-0.3, -0.25) is 14.7 Å². The van der Waals surface area contributed by atoms with E-state index in [4.69, 9.17) is 5.73 Å². The van der Waals surface area contributed by atoms with E-state index in [0.717, 1.165) is 24.6 Å². The zero-order valence-electron chi connectivity index (χ0n) is 15.9. The standard InChI is InChI=1S/C18H31N5O.HI/c1-13(2)23(14(3)4)10-9-21-18(20-5)22-12-15-7-6-8-16(11-15)17(19)24;/h6-8,11,13-14H,9-10,12H2,1-5H3,(H2,19,24)(H2,20,21,22);1H. The second kappa shape index (κ2) is 12.1. The number of nitrogens with one attached hydrogen (secondary N) is 2. The number of carbonyl (C=O) groups is 1. The van der Waals surface area contributed by atoms with E-state index in [1.165, 1.54) is 0 Å². The molecule has 4 N–H and O–H groups in total. The molecule has 0 saturated heterocycles. The number of hydrogen-bond acceptors (Lipinski definition) is 3. The maximum Gasteiger partial charge on any atom is 0.248 e. The Morgan fingerprint density at radius 1 is 1.20 bits per heavy atom. The zero-order valence-corrected chi connectivity index (χ0v) is 18.2. The third kappa shape index (κ3) is 8.53. The molecule has 0 spiro atoms. The first-order valence-corrected chi connectivity index (χ1v) is 8.44. The van der Waals surface area contributed by atoms with Gasteiger partial charge in [-0.05, 0) is 45.4 Å². The Bertz CT molecular complexity index is 552. The van der Waals surface area contributed by atoms with E-state index in [1.54, 1.807) is 19.2 Å². The average molecular weight is 461 g/mol. The Balaban J connectivity index is 0.00000576. The zero-order chi connectivity index (χ0) is 18.1. The van der Waals surface area contributed by atoms with Gasteiger partial charge in [0, 0.05) is 44.3 Å². The largest absolute Gasteiger partial charge is 0.366 e. The molecule has 0 heterocycles. The molecule has 1 aromatic carbocycles. The highest BCUT2D eigenvalue weighted by Crippen LogP contribution is 2.05. The summed E-state index contributed by atoms with van der Waals surface area (Å²) in [5.74, 6) is 0.328. The van der Waals surface area contributed by atoms with E-state index >= 15 is 0 Å². The van der Waals surface area contributed by atoms with Crippen molar-refractivity contribution in [1.29, 1.82) is 0 Å². The van der Waals surface area contributed by atoms with Crippen LogP contribution >= 0.6 is 24.0 Å². The highest BCUT2D eigenvalue weighted by molar-refractivity contribution is 14.0. The maximum absolute atomic E-state index is 11.2. The fourth-order valence-corrected chi connectivity index (χ4v) is 2.66. The fraction of sp³-hybridized carbons (Fsp3) is 0.556. The number of hydrogen-bond donors (Lipinski definition) is 3. The second-order valence-electron chi connectivity index (χ2n) is 6.34. The van der Waals surface area contributed by atoms with Gasteiger partial charge in [-0.2, -0.15) is 0 Å². The number of primary amides is 1. The Kier molecular flexibility index (Phi) is 11.4. The summed E-state index contributed by atoms with van der Waals surface area (Å²) in [7, 11) is 1.75. The van der Waals surface area contributed by atoms with Gasteiger partial charge in [-0.15, -0.1) is 24.0 Å². The van der Waals surface area contributed by atoms with Gasteiger partial charge >= 0.3 is 0 Å². The van der Waals surface area contributed by atoms with Crippen LogP contribution in [0.25, 0.3) is 0 Å². The summed E-state index contributed by atoms with van der Waals surface area (Å²) < 4.78 is 0. The SMILES string of the molecule is CN=C(NCCN(C(C)C)C(C)C)NCc1cccc(C(N)=O)c1.I. The molecule has 0 fully saturated rings. The monoisotopic (exact) mass is 461 g/mol. The van der Waals surface area contributed by atoms with Crippen LogP contribution < -0.4 is 16.4 Å². The number of aliphatic imine (C=N–C) groups is 1. The Morgan fingerprint density at radius 2 is 1.84 bits per heavy atom. The summed E-state index contributed by atoms with van der Waals surface area (Å²) in [6.07, 6.45) is 0. The van der Waals surface area contributed by atoms with Crippen molar-refractivity contribution in [1.82, 2.24) is 15.5 Å². The predicted molar refractivity (Wildman–Crippen MR) is 116 cm³/mol. The number of amides is 1. The first-order chi connectivity index (χ1) is 11.3. The molecular formula is C18H32IN5O. The summed E-state index contributed by atoms with van der Waals surface area (Å²) in [5.41, 5.74) is 6.81. The first-order valence-electron chi connectivity index (χ1n) is 8.44. The van der Waals surface area contributed by atoms with Crippen molar-refractivity contribution in [2.75, 3.05) is 20.1 Å². The number of nitrogens with zero attached hydrogens (tertiary/aromatic N) is 2. The fourth-order valence-electron chi connectivity index (χ4n) is 2.66. The van der Waals surface area contributed by atoms with Crippen LogP contribution in [0, 0.1) is 0 Å². The van der Waals surface area contributed by atoms with Gasteiger partial charge in [0.2, 0.25) is 5.91 Å². The molecule has 7 heteroatoms. The summed E-state index contributed by atoms with van der Waals surface area (Å²) in [4.78, 5) is 17.9. The molecule has 0 radical (unpaired) electrons. The first kappa shape index (κ1) is 23.6. The van der Waals surface area contributed by atoms with Crippen molar-refractivity contribution in [2.45, 2.75) is 46.3 Å². The number of guanidine groups is 1. The lowest BCUT2D eigenvalue weighted by atomic mass is 10.1.